The first kappa shape index (κ1) is 22.8. The fourth-order valence-electron chi connectivity index (χ4n) is 3.13. The molecule has 3 aromatic heterocycles. The van der Waals surface area contributed by atoms with Gasteiger partial charge in [0.2, 0.25) is 0 Å². The Morgan fingerprint density at radius 3 is 2.91 bits per heavy atom. The summed E-state index contributed by atoms with van der Waals surface area (Å²) in [6.07, 6.45) is 3.41. The minimum absolute atomic E-state index is 0.286. The van der Waals surface area contributed by atoms with Crippen molar-refractivity contribution in [2.75, 3.05) is 11.9 Å². The van der Waals surface area contributed by atoms with Gasteiger partial charge in [-0.3, -0.25) is 9.48 Å². The first-order chi connectivity index (χ1) is 15.3. The van der Waals surface area contributed by atoms with E-state index < -0.39 is 8.07 Å². The summed E-state index contributed by atoms with van der Waals surface area (Å²) in [4.78, 5) is 17.3. The molecule has 0 aliphatic heterocycles. The number of aromatic nitrogens is 5. The fraction of sp³-hybridized carbons (Fsp3) is 0.333. The Labute approximate surface area is 199 Å². The molecule has 4 rings (SSSR count). The molecule has 0 atom stereocenters. The second-order valence-corrected chi connectivity index (χ2v) is 16.0. The van der Waals surface area contributed by atoms with Crippen LogP contribution in [0.15, 0.2) is 46.0 Å². The molecule has 1 aromatic carbocycles. The van der Waals surface area contributed by atoms with Gasteiger partial charge in [0.05, 0.1) is 35.2 Å². The van der Waals surface area contributed by atoms with Crippen LogP contribution in [-0.4, -0.2) is 45.1 Å². The minimum atomic E-state index is -1.17. The molecule has 4 aromatic rings. The van der Waals surface area contributed by atoms with E-state index in [2.05, 4.69) is 56.1 Å². The Hall–Kier alpha value is -2.34. The van der Waals surface area contributed by atoms with Crippen LogP contribution in [0.5, 0.6) is 0 Å². The highest BCUT2D eigenvalue weighted by Gasteiger charge is 2.19. The average molecular weight is 534 g/mol. The van der Waals surface area contributed by atoms with Crippen molar-refractivity contribution in [3.63, 3.8) is 0 Å². The van der Waals surface area contributed by atoms with Crippen LogP contribution in [0, 0.1) is 0 Å². The van der Waals surface area contributed by atoms with Gasteiger partial charge in [-0.2, -0.15) is 10.2 Å². The fourth-order valence-corrected chi connectivity index (χ4v) is 4.78. The van der Waals surface area contributed by atoms with Gasteiger partial charge < -0.3 is 10.1 Å². The van der Waals surface area contributed by atoms with Crippen molar-refractivity contribution < 1.29 is 9.53 Å². The number of benzene rings is 1. The number of carbonyl (C=O) groups excluding carboxylic acids is 1. The van der Waals surface area contributed by atoms with Crippen LogP contribution in [0.25, 0.3) is 10.9 Å². The molecule has 0 unspecified atom stereocenters. The molecule has 0 saturated carbocycles. The number of fused-ring (bicyclic) bond motifs is 1. The second-order valence-electron chi connectivity index (χ2n) is 8.72. The molecule has 0 saturated heterocycles. The van der Waals surface area contributed by atoms with Crippen molar-refractivity contribution >= 4 is 57.8 Å². The zero-order valence-electron chi connectivity index (χ0n) is 18.2. The molecule has 8 nitrogen and oxygen atoms in total. The standard InChI is InChI=1S/C21H25BrN6O2SSi/c1-32(2,3)7-6-30-14-28-19-8-15(22)4-5-18(19)20(26-28)21(29)25-16-9-24-27(10-16)11-17-12-31-13-23-17/h4-5,8-10,12-13H,6-7,11,14H2,1-3H3,(H,25,29). The molecule has 1 amide bonds. The highest BCUT2D eigenvalue weighted by Crippen LogP contribution is 2.24. The topological polar surface area (TPSA) is 86.9 Å². The van der Waals surface area contributed by atoms with E-state index in [1.165, 1.54) is 0 Å². The minimum Gasteiger partial charge on any atom is -0.360 e. The largest absolute Gasteiger partial charge is 0.360 e. The number of carbonyl (C=O) groups is 1. The lowest BCUT2D eigenvalue weighted by atomic mass is 10.2. The van der Waals surface area contributed by atoms with Crippen molar-refractivity contribution in [3.8, 4) is 0 Å². The predicted molar refractivity (Wildman–Crippen MR) is 133 cm³/mol. The Morgan fingerprint density at radius 2 is 2.16 bits per heavy atom. The average Bonchev–Trinajstić information content (AvgIpc) is 3.46. The summed E-state index contributed by atoms with van der Waals surface area (Å²) in [6.45, 7) is 8.50. The highest BCUT2D eigenvalue weighted by molar-refractivity contribution is 9.10. The number of halogens is 1. The van der Waals surface area contributed by atoms with E-state index in [1.807, 2.05) is 23.6 Å². The van der Waals surface area contributed by atoms with Crippen LogP contribution in [0.2, 0.25) is 25.7 Å². The molecular weight excluding hydrogens is 508 g/mol. The van der Waals surface area contributed by atoms with Crippen molar-refractivity contribution in [3.05, 3.63) is 57.3 Å². The molecule has 0 radical (unpaired) electrons. The van der Waals surface area contributed by atoms with Crippen LogP contribution in [0.4, 0.5) is 5.69 Å². The molecule has 1 N–H and O–H groups in total. The summed E-state index contributed by atoms with van der Waals surface area (Å²) in [5.74, 6) is -0.286. The predicted octanol–water partition coefficient (Wildman–Crippen LogP) is 5.06. The van der Waals surface area contributed by atoms with Gasteiger partial charge in [0.25, 0.3) is 5.91 Å². The maximum Gasteiger partial charge on any atom is 0.276 e. The lowest BCUT2D eigenvalue weighted by molar-refractivity contribution is 0.0809. The third-order valence-corrected chi connectivity index (χ3v) is 7.67. The smallest absolute Gasteiger partial charge is 0.276 e. The van der Waals surface area contributed by atoms with Crippen LogP contribution in [0.1, 0.15) is 16.2 Å². The number of nitrogens with zero attached hydrogens (tertiary/aromatic N) is 5. The third-order valence-electron chi connectivity index (χ3n) is 4.84. The van der Waals surface area contributed by atoms with Crippen molar-refractivity contribution in [1.29, 1.82) is 0 Å². The normalized spacial score (nSPS) is 11.9. The van der Waals surface area contributed by atoms with E-state index in [1.54, 1.807) is 38.6 Å². The van der Waals surface area contributed by atoms with Crippen LogP contribution in [-0.2, 0) is 18.0 Å². The van der Waals surface area contributed by atoms with E-state index in [0.717, 1.165) is 27.1 Å². The zero-order chi connectivity index (χ0) is 22.7. The Bertz CT molecular complexity index is 1220. The van der Waals surface area contributed by atoms with E-state index in [-0.39, 0.29) is 5.91 Å². The van der Waals surface area contributed by atoms with Gasteiger partial charge in [-0.1, -0.05) is 35.6 Å². The number of nitrogens with one attached hydrogen (secondary N) is 1. The molecule has 0 aliphatic rings. The number of hydrogen-bond acceptors (Lipinski definition) is 6. The number of thiazole rings is 1. The molecular formula is C21H25BrN6O2SSi. The molecule has 0 aliphatic carbocycles. The maximum absolute atomic E-state index is 13.0. The van der Waals surface area contributed by atoms with Crippen molar-refractivity contribution in [2.24, 2.45) is 0 Å². The van der Waals surface area contributed by atoms with Gasteiger partial charge >= 0.3 is 0 Å². The van der Waals surface area contributed by atoms with Crippen LogP contribution < -0.4 is 5.32 Å². The van der Waals surface area contributed by atoms with Crippen molar-refractivity contribution in [2.45, 2.75) is 39.0 Å². The Balaban J connectivity index is 1.49. The number of hydrogen-bond donors (Lipinski definition) is 1. The zero-order valence-corrected chi connectivity index (χ0v) is 21.6. The second kappa shape index (κ2) is 9.65. The summed E-state index contributed by atoms with van der Waals surface area (Å²) < 4.78 is 10.3. The van der Waals surface area contributed by atoms with Gasteiger partial charge in [-0.25, -0.2) is 9.67 Å². The molecule has 32 heavy (non-hydrogen) atoms. The summed E-state index contributed by atoms with van der Waals surface area (Å²) in [5, 5.41) is 14.5. The van der Waals surface area contributed by atoms with E-state index in [9.17, 15) is 4.79 Å². The van der Waals surface area contributed by atoms with Crippen LogP contribution in [0.3, 0.4) is 0 Å². The monoisotopic (exact) mass is 532 g/mol. The van der Waals surface area contributed by atoms with Crippen LogP contribution >= 0.6 is 27.3 Å². The van der Waals surface area contributed by atoms with Gasteiger partial charge in [-0.05, 0) is 24.2 Å². The van der Waals surface area contributed by atoms with Gasteiger partial charge in [0.15, 0.2) is 5.69 Å². The highest BCUT2D eigenvalue weighted by atomic mass is 79.9. The maximum atomic E-state index is 13.0. The SMILES string of the molecule is C[Si](C)(C)CCOCn1nc(C(=O)Nc2cnn(Cc3cscn3)c2)c2ccc(Br)cc21. The molecule has 0 fully saturated rings. The van der Waals surface area contributed by atoms with Crippen molar-refractivity contribution in [1.82, 2.24) is 24.5 Å². The molecule has 11 heteroatoms. The quantitative estimate of drug-likeness (QED) is 0.240. The van der Waals surface area contributed by atoms with Gasteiger partial charge in [0, 0.05) is 36.1 Å². The molecule has 0 bridgehead atoms. The lowest BCUT2D eigenvalue weighted by Crippen LogP contribution is -2.22. The number of rotatable bonds is 9. The molecule has 168 valence electrons. The summed E-state index contributed by atoms with van der Waals surface area (Å²) in [7, 11) is -1.17. The summed E-state index contributed by atoms with van der Waals surface area (Å²) in [5.41, 5.74) is 4.53. The van der Waals surface area contributed by atoms with E-state index >= 15 is 0 Å². The Morgan fingerprint density at radius 1 is 1.31 bits per heavy atom. The summed E-state index contributed by atoms with van der Waals surface area (Å²) in [6, 6.07) is 6.83. The van der Waals surface area contributed by atoms with E-state index in [4.69, 9.17) is 4.74 Å². The molecule has 0 spiro atoms. The van der Waals surface area contributed by atoms with E-state index in [0.29, 0.717) is 31.3 Å². The summed E-state index contributed by atoms with van der Waals surface area (Å²) >= 11 is 5.05. The van der Waals surface area contributed by atoms with Gasteiger partial charge in [0.1, 0.15) is 6.73 Å². The molecule has 3 heterocycles. The lowest BCUT2D eigenvalue weighted by Gasteiger charge is -2.15. The Kier molecular flexibility index (Phi) is 6.89. The number of amides is 1. The first-order valence-corrected chi connectivity index (χ1v) is 15.7. The third kappa shape index (κ3) is 5.71. The first-order valence-electron chi connectivity index (χ1n) is 10.2. The van der Waals surface area contributed by atoms with Gasteiger partial charge in [-0.15, -0.1) is 11.3 Å². The number of ether oxygens (including phenoxy) is 1. The number of anilines is 1.